The van der Waals surface area contributed by atoms with E-state index in [-0.39, 0.29) is 17.8 Å². The van der Waals surface area contributed by atoms with E-state index in [2.05, 4.69) is 44.1 Å². The van der Waals surface area contributed by atoms with Gasteiger partial charge in [0.25, 0.3) is 5.91 Å². The summed E-state index contributed by atoms with van der Waals surface area (Å²) in [5, 5.41) is 4.09. The van der Waals surface area contributed by atoms with Gasteiger partial charge in [0.1, 0.15) is 11.5 Å². The molecule has 1 amide bonds. The zero-order valence-electron chi connectivity index (χ0n) is 17.9. The molecule has 2 aromatic carbocycles. The van der Waals surface area contributed by atoms with Crippen molar-refractivity contribution in [2.24, 2.45) is 4.99 Å². The van der Waals surface area contributed by atoms with Gasteiger partial charge in [-0.05, 0) is 66.8 Å². The zero-order valence-corrected chi connectivity index (χ0v) is 17.9. The van der Waals surface area contributed by atoms with Crippen molar-refractivity contribution in [3.63, 3.8) is 0 Å². The van der Waals surface area contributed by atoms with Crippen LogP contribution in [-0.2, 0) is 17.8 Å². The number of hydrogen-bond donors (Lipinski definition) is 1. The molecule has 2 aromatic heterocycles. The minimum absolute atomic E-state index is 0.140. The topological polar surface area (TPSA) is 64.2 Å². The Balaban J connectivity index is 1.40. The Bertz CT molecular complexity index is 1410. The lowest BCUT2D eigenvalue weighted by Crippen LogP contribution is -2.37. The number of carbonyl (C=O) groups excluding carboxylic acids is 1. The van der Waals surface area contributed by atoms with Gasteiger partial charge in [0.15, 0.2) is 0 Å². The van der Waals surface area contributed by atoms with Crippen LogP contribution in [0.4, 0.5) is 4.39 Å². The van der Waals surface area contributed by atoms with Gasteiger partial charge in [-0.25, -0.2) is 9.37 Å². The fourth-order valence-electron chi connectivity index (χ4n) is 4.89. The molecule has 1 aliphatic heterocycles. The molecule has 1 atom stereocenters. The number of aliphatic imine (C=N–C) groups is 1. The zero-order chi connectivity index (χ0) is 22.4. The third kappa shape index (κ3) is 3.46. The Morgan fingerprint density at radius 1 is 1.18 bits per heavy atom. The van der Waals surface area contributed by atoms with Crippen molar-refractivity contribution in [2.45, 2.75) is 31.8 Å². The van der Waals surface area contributed by atoms with Gasteiger partial charge >= 0.3 is 0 Å². The van der Waals surface area contributed by atoms with E-state index in [1.54, 1.807) is 30.9 Å². The van der Waals surface area contributed by atoms with E-state index in [4.69, 9.17) is 0 Å². The fourth-order valence-corrected chi connectivity index (χ4v) is 4.89. The van der Waals surface area contributed by atoms with Crippen molar-refractivity contribution < 1.29 is 9.18 Å². The number of imidazole rings is 1. The van der Waals surface area contributed by atoms with Crippen LogP contribution in [0.3, 0.4) is 0 Å². The number of rotatable bonds is 5. The highest BCUT2D eigenvalue weighted by molar-refractivity contribution is 6.45. The van der Waals surface area contributed by atoms with E-state index in [9.17, 15) is 9.18 Å². The summed E-state index contributed by atoms with van der Waals surface area (Å²) >= 11 is 0. The molecule has 2 aliphatic rings. The molecule has 0 saturated heterocycles. The quantitative estimate of drug-likeness (QED) is 0.499. The molecule has 1 aliphatic carbocycles. The van der Waals surface area contributed by atoms with E-state index in [1.165, 1.54) is 6.07 Å². The van der Waals surface area contributed by atoms with E-state index in [1.807, 2.05) is 16.8 Å². The lowest BCUT2D eigenvalue weighted by atomic mass is 9.91. The lowest BCUT2D eigenvalue weighted by molar-refractivity contribution is -0.115. The number of carbonyl (C=O) groups is 1. The van der Waals surface area contributed by atoms with E-state index < -0.39 is 0 Å². The predicted molar refractivity (Wildman–Crippen MR) is 125 cm³/mol. The van der Waals surface area contributed by atoms with Crippen LogP contribution in [0.2, 0.25) is 0 Å². The number of aromatic nitrogens is 3. The van der Waals surface area contributed by atoms with Crippen LogP contribution < -0.4 is 5.32 Å². The summed E-state index contributed by atoms with van der Waals surface area (Å²) in [5.41, 5.74) is 5.80. The molecule has 3 heterocycles. The van der Waals surface area contributed by atoms with Crippen LogP contribution in [0.25, 0.3) is 16.6 Å². The summed E-state index contributed by atoms with van der Waals surface area (Å²) in [5.74, 6) is -0.407. The molecule has 0 spiro atoms. The van der Waals surface area contributed by atoms with E-state index in [0.717, 1.165) is 52.7 Å². The molecular formula is C26H22FN5O. The molecule has 6 rings (SSSR count). The van der Waals surface area contributed by atoms with Crippen molar-refractivity contribution in [1.29, 1.82) is 0 Å². The molecule has 1 unspecified atom stereocenters. The summed E-state index contributed by atoms with van der Waals surface area (Å²) in [4.78, 5) is 20.8. The van der Waals surface area contributed by atoms with Crippen LogP contribution in [0, 0.1) is 5.82 Å². The molecule has 7 heteroatoms. The maximum absolute atomic E-state index is 14.2. The molecule has 0 bridgehead atoms. The Morgan fingerprint density at radius 2 is 2.03 bits per heavy atom. The second-order valence-electron chi connectivity index (χ2n) is 8.50. The molecule has 0 fully saturated rings. The SMILES string of the molecule is O=C(NC1CCCc2c1n(Cc1ccc(-n3ccnc3)cc1)c1ccc(F)cc21)C1=NC=C1. The van der Waals surface area contributed by atoms with Crippen molar-refractivity contribution in [3.8, 4) is 5.69 Å². The standard InChI is InChI=1S/C26H22FN5O/c27-18-6-9-24-21(14-18)20-2-1-3-22(30-26(33)23-10-11-29-23)25(20)32(24)15-17-4-7-19(8-5-17)31-13-12-28-16-31/h4-14,16,22H,1-3,15H2,(H,30,33). The average Bonchev–Trinajstić information content (AvgIpc) is 3.41. The Hall–Kier alpha value is -4.00. The van der Waals surface area contributed by atoms with Crippen LogP contribution in [0.5, 0.6) is 0 Å². The molecule has 164 valence electrons. The van der Waals surface area contributed by atoms with E-state index in [0.29, 0.717) is 12.3 Å². The Morgan fingerprint density at radius 3 is 2.76 bits per heavy atom. The van der Waals surface area contributed by atoms with Gasteiger partial charge in [-0.3, -0.25) is 9.79 Å². The fraction of sp³-hybridized carbons (Fsp3) is 0.192. The second kappa shape index (κ2) is 7.85. The minimum atomic E-state index is -0.243. The Kier molecular flexibility index (Phi) is 4.68. The van der Waals surface area contributed by atoms with Crippen molar-refractivity contribution in [1.82, 2.24) is 19.4 Å². The normalized spacial score (nSPS) is 16.9. The summed E-state index contributed by atoms with van der Waals surface area (Å²) in [7, 11) is 0. The maximum atomic E-state index is 14.2. The maximum Gasteiger partial charge on any atom is 0.270 e. The number of fused-ring (bicyclic) bond motifs is 3. The molecule has 6 nitrogen and oxygen atoms in total. The van der Waals surface area contributed by atoms with Gasteiger partial charge in [0.05, 0.1) is 12.4 Å². The van der Waals surface area contributed by atoms with Crippen LogP contribution >= 0.6 is 0 Å². The highest BCUT2D eigenvalue weighted by Gasteiger charge is 2.30. The van der Waals surface area contributed by atoms with E-state index >= 15 is 0 Å². The summed E-state index contributed by atoms with van der Waals surface area (Å²) in [6, 6.07) is 13.2. The van der Waals surface area contributed by atoms with Crippen molar-refractivity contribution >= 4 is 22.5 Å². The predicted octanol–water partition coefficient (Wildman–Crippen LogP) is 4.48. The number of aryl methyl sites for hydroxylation is 1. The van der Waals surface area contributed by atoms with Gasteiger partial charge in [-0.15, -0.1) is 0 Å². The first kappa shape index (κ1) is 19.7. The molecular weight excluding hydrogens is 417 g/mol. The van der Waals surface area contributed by atoms with Crippen molar-refractivity contribution in [3.05, 3.63) is 96.1 Å². The Labute approximate surface area is 190 Å². The third-order valence-corrected chi connectivity index (χ3v) is 6.49. The first-order chi connectivity index (χ1) is 16.2. The number of benzene rings is 2. The molecule has 4 aromatic rings. The van der Waals surface area contributed by atoms with Gasteiger partial charge in [0, 0.05) is 47.4 Å². The van der Waals surface area contributed by atoms with Gasteiger partial charge in [0.2, 0.25) is 0 Å². The summed E-state index contributed by atoms with van der Waals surface area (Å²) in [6.07, 6.45) is 11.4. The number of nitrogens with zero attached hydrogens (tertiary/aromatic N) is 4. The van der Waals surface area contributed by atoms with Gasteiger partial charge in [-0.1, -0.05) is 12.1 Å². The molecule has 0 radical (unpaired) electrons. The van der Waals surface area contributed by atoms with Gasteiger partial charge < -0.3 is 14.5 Å². The first-order valence-electron chi connectivity index (χ1n) is 11.1. The monoisotopic (exact) mass is 439 g/mol. The molecule has 33 heavy (non-hydrogen) atoms. The number of halogens is 1. The average molecular weight is 439 g/mol. The van der Waals surface area contributed by atoms with Crippen molar-refractivity contribution in [2.75, 3.05) is 0 Å². The van der Waals surface area contributed by atoms with Crippen LogP contribution in [0.15, 0.2) is 78.5 Å². The number of hydrogen-bond acceptors (Lipinski definition) is 3. The highest BCUT2D eigenvalue weighted by Crippen LogP contribution is 2.38. The van der Waals surface area contributed by atoms with Crippen LogP contribution in [-0.4, -0.2) is 25.7 Å². The first-order valence-corrected chi connectivity index (χ1v) is 11.1. The number of amides is 1. The largest absolute Gasteiger partial charge is 0.342 e. The highest BCUT2D eigenvalue weighted by atomic mass is 19.1. The third-order valence-electron chi connectivity index (χ3n) is 6.49. The summed E-state index contributed by atoms with van der Waals surface area (Å²) in [6.45, 7) is 0.634. The van der Waals surface area contributed by atoms with Gasteiger partial charge in [-0.2, -0.15) is 0 Å². The summed E-state index contributed by atoms with van der Waals surface area (Å²) < 4.78 is 18.4. The van der Waals surface area contributed by atoms with Crippen LogP contribution in [0.1, 0.15) is 35.7 Å². The minimum Gasteiger partial charge on any atom is -0.342 e. The lowest BCUT2D eigenvalue weighted by Gasteiger charge is -2.27. The number of nitrogens with one attached hydrogen (secondary N) is 1. The molecule has 1 N–H and O–H groups in total. The molecule has 0 saturated carbocycles. The smallest absolute Gasteiger partial charge is 0.270 e. The second-order valence-corrected chi connectivity index (χ2v) is 8.50.